The monoisotopic (exact) mass is 338 g/mol. The first-order chi connectivity index (χ1) is 11.1. The molecule has 2 aromatic rings. The number of anilines is 3. The molecular weight excluding hydrogens is 323 g/mol. The number of nitrogens with one attached hydrogen (secondary N) is 1. The summed E-state index contributed by atoms with van der Waals surface area (Å²) in [5, 5.41) is 3.08. The normalized spacial score (nSPS) is 15.4. The van der Waals surface area contributed by atoms with Crippen LogP contribution < -0.4 is 15.8 Å². The molecule has 8 heteroatoms. The zero-order valence-corrected chi connectivity index (χ0v) is 13.0. The maximum atomic E-state index is 14.2. The number of aromatic nitrogens is 2. The van der Waals surface area contributed by atoms with Gasteiger partial charge in [0.2, 0.25) is 5.95 Å². The highest BCUT2D eigenvalue weighted by atomic mass is 35.5. The highest BCUT2D eigenvalue weighted by Gasteiger charge is 2.19. The third kappa shape index (κ3) is 3.80. The van der Waals surface area contributed by atoms with Crippen molar-refractivity contribution in [3.05, 3.63) is 35.2 Å². The van der Waals surface area contributed by atoms with E-state index in [1.54, 1.807) is 12.1 Å². The molecule has 0 bridgehead atoms. The number of para-hydroxylation sites is 1. The van der Waals surface area contributed by atoms with Crippen LogP contribution in [0, 0.1) is 5.82 Å². The molecule has 0 spiro atoms. The van der Waals surface area contributed by atoms with Gasteiger partial charge in [0.05, 0.1) is 19.4 Å². The van der Waals surface area contributed by atoms with Crippen LogP contribution in [-0.2, 0) is 4.74 Å². The molecule has 6 nitrogen and oxygen atoms in total. The smallest absolute Gasteiger partial charge is 0.222 e. The topological polar surface area (TPSA) is 82.3 Å². The Morgan fingerprint density at radius 3 is 2.91 bits per heavy atom. The SMILES string of the molecule is Nc1ncc(Cl)c(Nc2c(F)cccc2OC2CCOCC2)n1. The Balaban J connectivity index is 1.87. The number of hydrogen-bond donors (Lipinski definition) is 2. The van der Waals surface area contributed by atoms with Crippen molar-refractivity contribution in [3.8, 4) is 5.75 Å². The molecule has 0 saturated carbocycles. The predicted molar refractivity (Wildman–Crippen MR) is 85.6 cm³/mol. The van der Waals surface area contributed by atoms with E-state index in [2.05, 4.69) is 15.3 Å². The number of rotatable bonds is 4. The number of nitrogens with zero attached hydrogens (tertiary/aromatic N) is 2. The third-order valence-electron chi connectivity index (χ3n) is 3.44. The molecule has 2 heterocycles. The Morgan fingerprint density at radius 2 is 2.13 bits per heavy atom. The van der Waals surface area contributed by atoms with Gasteiger partial charge in [-0.15, -0.1) is 0 Å². The van der Waals surface area contributed by atoms with Crippen LogP contribution in [0.2, 0.25) is 5.02 Å². The highest BCUT2D eigenvalue weighted by Crippen LogP contribution is 2.33. The van der Waals surface area contributed by atoms with Crippen LogP contribution in [0.3, 0.4) is 0 Å². The van der Waals surface area contributed by atoms with Crippen molar-refractivity contribution in [2.45, 2.75) is 18.9 Å². The van der Waals surface area contributed by atoms with Crippen molar-refractivity contribution in [3.63, 3.8) is 0 Å². The Labute approximate surface area is 137 Å². The first-order valence-electron chi connectivity index (χ1n) is 7.21. The van der Waals surface area contributed by atoms with Gasteiger partial charge in [0.1, 0.15) is 22.6 Å². The molecule has 122 valence electrons. The number of hydrogen-bond acceptors (Lipinski definition) is 6. The maximum Gasteiger partial charge on any atom is 0.222 e. The molecule has 1 aromatic heterocycles. The molecule has 3 rings (SSSR count). The fraction of sp³-hybridized carbons (Fsp3) is 0.333. The predicted octanol–water partition coefficient (Wildman–Crippen LogP) is 3.15. The zero-order chi connectivity index (χ0) is 16.2. The second-order valence-electron chi connectivity index (χ2n) is 5.09. The molecule has 0 radical (unpaired) electrons. The average Bonchev–Trinajstić information content (AvgIpc) is 2.55. The number of benzene rings is 1. The largest absolute Gasteiger partial charge is 0.488 e. The van der Waals surface area contributed by atoms with Crippen LogP contribution in [0.5, 0.6) is 5.75 Å². The molecule has 3 N–H and O–H groups in total. The summed E-state index contributed by atoms with van der Waals surface area (Å²) in [6, 6.07) is 4.61. The van der Waals surface area contributed by atoms with Crippen molar-refractivity contribution in [1.29, 1.82) is 0 Å². The van der Waals surface area contributed by atoms with E-state index < -0.39 is 5.82 Å². The Morgan fingerprint density at radius 1 is 1.35 bits per heavy atom. The van der Waals surface area contributed by atoms with E-state index in [1.807, 2.05) is 0 Å². The van der Waals surface area contributed by atoms with Crippen molar-refractivity contribution in [2.75, 3.05) is 24.3 Å². The van der Waals surface area contributed by atoms with Crippen molar-refractivity contribution in [2.24, 2.45) is 0 Å². The first kappa shape index (κ1) is 15.8. The van der Waals surface area contributed by atoms with E-state index in [-0.39, 0.29) is 28.6 Å². The van der Waals surface area contributed by atoms with Crippen molar-refractivity contribution in [1.82, 2.24) is 9.97 Å². The summed E-state index contributed by atoms with van der Waals surface area (Å²) in [7, 11) is 0. The van der Waals surface area contributed by atoms with Crippen LogP contribution in [-0.4, -0.2) is 29.3 Å². The van der Waals surface area contributed by atoms with Gasteiger partial charge in [0.25, 0.3) is 0 Å². The summed E-state index contributed by atoms with van der Waals surface area (Å²) in [6.45, 7) is 1.27. The summed E-state index contributed by atoms with van der Waals surface area (Å²) in [5.41, 5.74) is 5.71. The lowest BCUT2D eigenvalue weighted by molar-refractivity contribution is 0.0258. The second-order valence-corrected chi connectivity index (χ2v) is 5.50. The van der Waals surface area contributed by atoms with E-state index in [0.29, 0.717) is 19.0 Å². The summed E-state index contributed by atoms with van der Waals surface area (Å²) >= 11 is 6.02. The van der Waals surface area contributed by atoms with Crippen molar-refractivity contribution >= 4 is 29.1 Å². The maximum absolute atomic E-state index is 14.2. The van der Waals surface area contributed by atoms with Gasteiger partial charge in [-0.1, -0.05) is 17.7 Å². The minimum absolute atomic E-state index is 0.0166. The highest BCUT2D eigenvalue weighted by molar-refractivity contribution is 6.32. The molecule has 1 aliphatic heterocycles. The van der Waals surface area contributed by atoms with Crippen LogP contribution in [0.25, 0.3) is 0 Å². The van der Waals surface area contributed by atoms with Gasteiger partial charge in [-0.2, -0.15) is 4.98 Å². The lowest BCUT2D eigenvalue weighted by Gasteiger charge is -2.24. The quantitative estimate of drug-likeness (QED) is 0.891. The Bertz CT molecular complexity index is 695. The van der Waals surface area contributed by atoms with E-state index in [1.165, 1.54) is 12.3 Å². The molecular formula is C15H16ClFN4O2. The number of nitrogens with two attached hydrogens (primary N) is 1. The lowest BCUT2D eigenvalue weighted by atomic mass is 10.1. The molecule has 23 heavy (non-hydrogen) atoms. The number of halogens is 2. The fourth-order valence-corrected chi connectivity index (χ4v) is 2.42. The summed E-state index contributed by atoms with van der Waals surface area (Å²) in [5.74, 6) is 0.189. The molecule has 0 aliphatic carbocycles. The molecule has 1 saturated heterocycles. The van der Waals surface area contributed by atoms with E-state index in [4.69, 9.17) is 26.8 Å². The average molecular weight is 339 g/mol. The van der Waals surface area contributed by atoms with Crippen LogP contribution in [0.1, 0.15) is 12.8 Å². The van der Waals surface area contributed by atoms with Gasteiger partial charge in [-0.25, -0.2) is 9.37 Å². The molecule has 1 fully saturated rings. The van der Waals surface area contributed by atoms with Crippen LogP contribution in [0.4, 0.5) is 21.8 Å². The fourth-order valence-electron chi connectivity index (χ4n) is 2.28. The molecule has 1 aromatic carbocycles. The van der Waals surface area contributed by atoms with Crippen LogP contribution in [0.15, 0.2) is 24.4 Å². The third-order valence-corrected chi connectivity index (χ3v) is 3.72. The molecule has 1 aliphatic rings. The van der Waals surface area contributed by atoms with Crippen molar-refractivity contribution < 1.29 is 13.9 Å². The van der Waals surface area contributed by atoms with Gasteiger partial charge in [0, 0.05) is 12.8 Å². The lowest BCUT2D eigenvalue weighted by Crippen LogP contribution is -2.26. The van der Waals surface area contributed by atoms with E-state index in [0.717, 1.165) is 12.8 Å². The van der Waals surface area contributed by atoms with E-state index >= 15 is 0 Å². The van der Waals surface area contributed by atoms with Gasteiger partial charge in [-0.05, 0) is 12.1 Å². The van der Waals surface area contributed by atoms with E-state index in [9.17, 15) is 4.39 Å². The molecule has 0 amide bonds. The van der Waals surface area contributed by atoms with Gasteiger partial charge in [-0.3, -0.25) is 0 Å². The van der Waals surface area contributed by atoms with Crippen LogP contribution >= 0.6 is 11.6 Å². The standard InChI is InChI=1S/C15H16ClFN4O2/c16-10-8-19-15(18)21-14(10)20-13-11(17)2-1-3-12(13)23-9-4-6-22-7-5-9/h1-3,8-9H,4-7H2,(H3,18,19,20,21). The Kier molecular flexibility index (Phi) is 4.78. The van der Waals surface area contributed by atoms with Gasteiger partial charge < -0.3 is 20.5 Å². The molecule has 0 unspecified atom stereocenters. The number of nitrogen functional groups attached to an aromatic ring is 1. The minimum Gasteiger partial charge on any atom is -0.488 e. The van der Waals surface area contributed by atoms with Gasteiger partial charge >= 0.3 is 0 Å². The van der Waals surface area contributed by atoms with Gasteiger partial charge in [0.15, 0.2) is 11.6 Å². The summed E-state index contributed by atoms with van der Waals surface area (Å²) in [4.78, 5) is 7.75. The zero-order valence-electron chi connectivity index (χ0n) is 12.3. The minimum atomic E-state index is -0.470. The summed E-state index contributed by atoms with van der Waals surface area (Å²) < 4.78 is 25.4. The Hall–Kier alpha value is -2.12. The number of ether oxygens (including phenoxy) is 2. The first-order valence-corrected chi connectivity index (χ1v) is 7.59. The summed E-state index contributed by atoms with van der Waals surface area (Å²) in [6.07, 6.45) is 2.86. The molecule has 0 atom stereocenters. The second kappa shape index (κ2) is 6.97.